The summed E-state index contributed by atoms with van der Waals surface area (Å²) in [5, 5.41) is -0.395. The first kappa shape index (κ1) is 15.2. The summed E-state index contributed by atoms with van der Waals surface area (Å²) >= 11 is 0. The van der Waals surface area contributed by atoms with Gasteiger partial charge in [0.2, 0.25) is 0 Å². The molecule has 1 aromatic rings. The molecular formula is C12H9F6OP. The zero-order chi connectivity index (χ0) is 15.2. The normalized spacial score (nSPS) is 23.3. The van der Waals surface area contributed by atoms with E-state index in [1.54, 1.807) is 0 Å². The summed E-state index contributed by atoms with van der Waals surface area (Å²) in [6.45, 7) is 0. The lowest BCUT2D eigenvalue weighted by Crippen LogP contribution is -2.17. The highest BCUT2D eigenvalue weighted by Gasteiger charge is 2.39. The maximum absolute atomic E-state index is 12.7. The van der Waals surface area contributed by atoms with Gasteiger partial charge in [-0.15, -0.1) is 0 Å². The molecule has 1 heterocycles. The molecule has 20 heavy (non-hydrogen) atoms. The minimum absolute atomic E-state index is 0.0371. The predicted octanol–water partition coefficient (Wildman–Crippen LogP) is 4.63. The highest BCUT2D eigenvalue weighted by molar-refractivity contribution is 7.74. The molecule has 8 heteroatoms. The Labute approximate surface area is 110 Å². The zero-order valence-electron chi connectivity index (χ0n) is 9.92. The Morgan fingerprint density at radius 3 is 1.75 bits per heavy atom. The van der Waals surface area contributed by atoms with E-state index in [0.29, 0.717) is 18.6 Å². The lowest BCUT2D eigenvalue weighted by molar-refractivity contribution is -0.142. The monoisotopic (exact) mass is 314 g/mol. The second-order valence-electron chi connectivity index (χ2n) is 4.46. The van der Waals surface area contributed by atoms with Gasteiger partial charge in [0, 0.05) is 11.5 Å². The molecule has 0 saturated carbocycles. The van der Waals surface area contributed by atoms with E-state index in [-0.39, 0.29) is 12.2 Å². The minimum atomic E-state index is -4.92. The van der Waals surface area contributed by atoms with Crippen LogP contribution in [0.1, 0.15) is 17.5 Å². The minimum Gasteiger partial charge on any atom is -0.314 e. The largest absolute Gasteiger partial charge is 0.416 e. The fourth-order valence-electron chi connectivity index (χ4n) is 1.96. The van der Waals surface area contributed by atoms with E-state index in [2.05, 4.69) is 0 Å². The van der Waals surface area contributed by atoms with Gasteiger partial charge in [0.15, 0.2) is 0 Å². The smallest absolute Gasteiger partial charge is 0.314 e. The molecule has 0 radical (unpaired) electrons. The molecule has 1 nitrogen and oxygen atoms in total. The van der Waals surface area contributed by atoms with Crippen molar-refractivity contribution in [2.75, 3.05) is 6.16 Å². The van der Waals surface area contributed by atoms with Gasteiger partial charge in [-0.3, -0.25) is 0 Å². The molecule has 0 saturated heterocycles. The van der Waals surface area contributed by atoms with E-state index in [9.17, 15) is 30.9 Å². The van der Waals surface area contributed by atoms with Gasteiger partial charge in [-0.25, -0.2) is 0 Å². The molecule has 0 amide bonds. The van der Waals surface area contributed by atoms with Crippen LogP contribution in [0, 0.1) is 0 Å². The Kier molecular flexibility index (Phi) is 3.53. The molecule has 1 aromatic carbocycles. The standard InChI is InChI=1S/C12H9F6OP/c13-11(14,15)8-5-9(12(16,17)18)7-10(6-8)20(19)3-1-2-4-20/h1,3,5-7H,2,4H2. The molecule has 0 bridgehead atoms. The molecule has 0 fully saturated rings. The van der Waals surface area contributed by atoms with E-state index in [0.717, 1.165) is 0 Å². The molecule has 0 aromatic heterocycles. The van der Waals surface area contributed by atoms with Crippen LogP contribution in [-0.4, -0.2) is 6.16 Å². The molecule has 1 aliphatic rings. The SMILES string of the molecule is O=P1(c2cc(C(F)(F)F)cc(C(F)(F)F)c2)C=CCC1. The third-order valence-electron chi connectivity index (χ3n) is 2.98. The molecule has 0 spiro atoms. The van der Waals surface area contributed by atoms with Crippen molar-refractivity contribution in [1.29, 1.82) is 0 Å². The van der Waals surface area contributed by atoms with Crippen LogP contribution in [0.2, 0.25) is 0 Å². The van der Waals surface area contributed by atoms with E-state index < -0.39 is 35.9 Å². The number of hydrogen-bond acceptors (Lipinski definition) is 1. The number of alkyl halides is 6. The first-order chi connectivity index (χ1) is 9.02. The van der Waals surface area contributed by atoms with Crippen molar-refractivity contribution in [3.05, 3.63) is 41.2 Å². The van der Waals surface area contributed by atoms with Gasteiger partial charge in [0.1, 0.15) is 7.14 Å². The van der Waals surface area contributed by atoms with E-state index in [1.165, 1.54) is 11.9 Å². The topological polar surface area (TPSA) is 17.1 Å². The maximum Gasteiger partial charge on any atom is 0.416 e. The molecule has 0 aliphatic carbocycles. The van der Waals surface area contributed by atoms with Gasteiger partial charge < -0.3 is 4.57 Å². The maximum atomic E-state index is 12.7. The predicted molar refractivity (Wildman–Crippen MR) is 62.3 cm³/mol. The summed E-state index contributed by atoms with van der Waals surface area (Å²) in [4.78, 5) is 0. The summed E-state index contributed by atoms with van der Waals surface area (Å²) in [5.74, 6) is 1.22. The lowest BCUT2D eigenvalue weighted by atomic mass is 10.1. The van der Waals surface area contributed by atoms with Crippen LogP contribution >= 0.6 is 7.14 Å². The fraction of sp³-hybridized carbons (Fsp3) is 0.333. The van der Waals surface area contributed by atoms with Crippen LogP contribution < -0.4 is 5.30 Å². The van der Waals surface area contributed by atoms with Crippen molar-refractivity contribution in [2.24, 2.45) is 0 Å². The third kappa shape index (κ3) is 2.92. The number of rotatable bonds is 1. The quantitative estimate of drug-likeness (QED) is 0.545. The number of allylic oxidation sites excluding steroid dienone is 1. The van der Waals surface area contributed by atoms with E-state index in [1.807, 2.05) is 0 Å². The van der Waals surface area contributed by atoms with Gasteiger partial charge in [0.25, 0.3) is 0 Å². The van der Waals surface area contributed by atoms with Crippen LogP contribution in [0.15, 0.2) is 30.1 Å². The van der Waals surface area contributed by atoms with E-state index >= 15 is 0 Å². The van der Waals surface area contributed by atoms with Crippen LogP contribution in [0.25, 0.3) is 0 Å². The molecule has 0 N–H and O–H groups in total. The Bertz CT molecular complexity index is 567. The van der Waals surface area contributed by atoms with Crippen LogP contribution in [0.4, 0.5) is 26.3 Å². The Morgan fingerprint density at radius 1 is 0.900 bits per heavy atom. The lowest BCUT2D eigenvalue weighted by Gasteiger charge is -2.17. The summed E-state index contributed by atoms with van der Waals surface area (Å²) in [6, 6.07) is 1.13. The molecular weight excluding hydrogens is 305 g/mol. The second kappa shape index (κ2) is 4.65. The van der Waals surface area contributed by atoms with Crippen LogP contribution in [-0.2, 0) is 16.9 Å². The average molecular weight is 314 g/mol. The van der Waals surface area contributed by atoms with Gasteiger partial charge in [-0.2, -0.15) is 26.3 Å². The van der Waals surface area contributed by atoms with Crippen molar-refractivity contribution >= 4 is 12.4 Å². The van der Waals surface area contributed by atoms with Gasteiger partial charge in [0.05, 0.1) is 11.1 Å². The second-order valence-corrected chi connectivity index (χ2v) is 7.31. The number of benzene rings is 1. The molecule has 1 unspecified atom stereocenters. The zero-order valence-corrected chi connectivity index (χ0v) is 10.8. The molecule has 2 rings (SSSR count). The van der Waals surface area contributed by atoms with Crippen molar-refractivity contribution in [3.8, 4) is 0 Å². The van der Waals surface area contributed by atoms with Gasteiger partial charge >= 0.3 is 12.4 Å². The first-order valence-electron chi connectivity index (χ1n) is 5.59. The molecule has 110 valence electrons. The van der Waals surface area contributed by atoms with E-state index in [4.69, 9.17) is 0 Å². The Hall–Kier alpha value is -1.23. The van der Waals surface area contributed by atoms with Crippen molar-refractivity contribution in [3.63, 3.8) is 0 Å². The average Bonchev–Trinajstić information content (AvgIpc) is 2.75. The first-order valence-corrected chi connectivity index (χ1v) is 7.55. The summed E-state index contributed by atoms with van der Waals surface area (Å²) < 4.78 is 88.4. The van der Waals surface area contributed by atoms with Crippen molar-refractivity contribution in [1.82, 2.24) is 0 Å². The molecule has 1 aliphatic heterocycles. The Balaban J connectivity index is 2.64. The van der Waals surface area contributed by atoms with Crippen molar-refractivity contribution in [2.45, 2.75) is 18.8 Å². The number of halogens is 6. The van der Waals surface area contributed by atoms with Crippen LogP contribution in [0.5, 0.6) is 0 Å². The fourth-order valence-corrected chi connectivity index (χ4v) is 4.27. The van der Waals surface area contributed by atoms with Crippen molar-refractivity contribution < 1.29 is 30.9 Å². The highest BCUT2D eigenvalue weighted by atomic mass is 31.2. The summed E-state index contributed by atoms with van der Waals surface area (Å²) in [5.41, 5.74) is -2.87. The highest BCUT2D eigenvalue weighted by Crippen LogP contribution is 2.51. The van der Waals surface area contributed by atoms with Gasteiger partial charge in [-0.1, -0.05) is 6.08 Å². The Morgan fingerprint density at radius 2 is 1.40 bits per heavy atom. The third-order valence-corrected chi connectivity index (χ3v) is 5.73. The molecule has 1 atom stereocenters. The van der Waals surface area contributed by atoms with Gasteiger partial charge in [-0.05, 0) is 30.4 Å². The van der Waals surface area contributed by atoms with Crippen LogP contribution in [0.3, 0.4) is 0 Å². The summed E-state index contributed by atoms with van der Waals surface area (Å²) in [7, 11) is -3.30. The summed E-state index contributed by atoms with van der Waals surface area (Å²) in [6.07, 6.45) is -7.88. The number of hydrogen-bond donors (Lipinski definition) is 0.